The highest BCUT2D eigenvalue weighted by atomic mass is 31.2. The van der Waals surface area contributed by atoms with E-state index in [1.165, 1.54) is 57.8 Å². The zero-order chi connectivity index (χ0) is 69.0. The van der Waals surface area contributed by atoms with E-state index < -0.39 is 97.5 Å². The second kappa shape index (κ2) is 67.8. The average molecular weight is 1370 g/mol. The minimum absolute atomic E-state index is 0.0755. The Labute approximate surface area is 570 Å². The lowest BCUT2D eigenvalue weighted by atomic mass is 10.1. The number of allylic oxidation sites excluding steroid dienone is 14. The lowest BCUT2D eigenvalue weighted by Gasteiger charge is -2.21. The molecule has 0 fully saturated rings. The highest BCUT2D eigenvalue weighted by Gasteiger charge is 2.30. The summed E-state index contributed by atoms with van der Waals surface area (Å²) in [4.78, 5) is 72.7. The van der Waals surface area contributed by atoms with Gasteiger partial charge in [-0.25, -0.2) is 9.13 Å². The molecule has 0 bridgehead atoms. The van der Waals surface area contributed by atoms with Gasteiger partial charge in [0.05, 0.1) is 26.4 Å². The molecule has 0 aliphatic rings. The van der Waals surface area contributed by atoms with Gasteiger partial charge < -0.3 is 33.8 Å². The van der Waals surface area contributed by atoms with Crippen molar-refractivity contribution in [3.63, 3.8) is 0 Å². The summed E-state index contributed by atoms with van der Waals surface area (Å²) in [5.74, 6) is -2.21. The summed E-state index contributed by atoms with van der Waals surface area (Å²) in [5.41, 5.74) is 0. The molecule has 5 atom stereocenters. The molecule has 0 aliphatic heterocycles. The van der Waals surface area contributed by atoms with Crippen molar-refractivity contribution in [1.82, 2.24) is 0 Å². The van der Waals surface area contributed by atoms with Gasteiger partial charge in [-0.3, -0.25) is 37.3 Å². The molecule has 19 heteroatoms. The number of hydrogen-bond acceptors (Lipinski definition) is 15. The quantitative estimate of drug-likeness (QED) is 0.0169. The maximum atomic E-state index is 13.0. The van der Waals surface area contributed by atoms with Gasteiger partial charge in [-0.1, -0.05) is 254 Å². The third kappa shape index (κ3) is 66.8. The number of rotatable bonds is 69. The van der Waals surface area contributed by atoms with Gasteiger partial charge in [-0.15, -0.1) is 0 Å². The van der Waals surface area contributed by atoms with Crippen LogP contribution in [0.2, 0.25) is 0 Å². The predicted molar refractivity (Wildman–Crippen MR) is 381 cm³/mol. The van der Waals surface area contributed by atoms with Crippen LogP contribution < -0.4 is 0 Å². The van der Waals surface area contributed by atoms with E-state index in [4.69, 9.17) is 37.0 Å². The van der Waals surface area contributed by atoms with E-state index in [2.05, 4.69) is 113 Å². The fourth-order valence-corrected chi connectivity index (χ4v) is 11.3. The second-order valence-electron chi connectivity index (χ2n) is 24.5. The number of ether oxygens (including phenoxy) is 4. The zero-order valence-corrected chi connectivity index (χ0v) is 60.9. The molecular formula is C75H132O17P2. The number of unbranched alkanes of at least 4 members (excludes halogenated alkanes) is 29. The van der Waals surface area contributed by atoms with Crippen molar-refractivity contribution in [1.29, 1.82) is 0 Å². The lowest BCUT2D eigenvalue weighted by molar-refractivity contribution is -0.161. The van der Waals surface area contributed by atoms with Crippen molar-refractivity contribution < 1.29 is 80.2 Å². The topological polar surface area (TPSA) is 237 Å². The summed E-state index contributed by atoms with van der Waals surface area (Å²) >= 11 is 0. The van der Waals surface area contributed by atoms with Crippen LogP contribution in [0.1, 0.15) is 310 Å². The molecule has 544 valence electrons. The van der Waals surface area contributed by atoms with Crippen molar-refractivity contribution in [3.8, 4) is 0 Å². The molecule has 0 amide bonds. The summed E-state index contributed by atoms with van der Waals surface area (Å²) in [6.45, 7) is 4.62. The number of carbonyl (C=O) groups is 4. The molecule has 0 heterocycles. The van der Waals surface area contributed by atoms with E-state index in [-0.39, 0.29) is 25.7 Å². The van der Waals surface area contributed by atoms with Crippen LogP contribution in [0.15, 0.2) is 85.1 Å². The summed E-state index contributed by atoms with van der Waals surface area (Å²) < 4.78 is 68.3. The van der Waals surface area contributed by atoms with E-state index >= 15 is 0 Å². The molecular weight excluding hydrogens is 1230 g/mol. The van der Waals surface area contributed by atoms with Gasteiger partial charge in [-0.2, -0.15) is 0 Å². The minimum Gasteiger partial charge on any atom is -0.462 e. The van der Waals surface area contributed by atoms with Crippen molar-refractivity contribution in [2.45, 2.75) is 329 Å². The molecule has 0 radical (unpaired) electrons. The SMILES string of the molecule is CC/C=C\C/C=C\C/C=C\CCCCCCCC(=O)OCC(COP(=O)(O)OCC(O)COP(=O)(O)OCC(COC(=O)CCCCCCC/C=C\C/C=C\CCCCC)OC(=O)CCCCCCCCCCCCC)OC(=O)CCCCCCC/C=C\C/C=C\CCC. The smallest absolute Gasteiger partial charge is 0.462 e. The number of carbonyl (C=O) groups excluding carboxylic acids is 4. The number of hydrogen-bond donors (Lipinski definition) is 3. The Morgan fingerprint density at radius 2 is 0.574 bits per heavy atom. The van der Waals surface area contributed by atoms with E-state index in [0.717, 1.165) is 173 Å². The largest absolute Gasteiger partial charge is 0.472 e. The summed E-state index contributed by atoms with van der Waals surface area (Å²) in [5, 5.41) is 10.6. The van der Waals surface area contributed by atoms with Crippen LogP contribution in [0.25, 0.3) is 0 Å². The van der Waals surface area contributed by atoms with Gasteiger partial charge in [0.1, 0.15) is 19.3 Å². The van der Waals surface area contributed by atoms with Crippen LogP contribution in [-0.4, -0.2) is 96.7 Å². The molecule has 0 aromatic heterocycles. The van der Waals surface area contributed by atoms with Crippen LogP contribution in [0, 0.1) is 0 Å². The Morgan fingerprint density at radius 1 is 0.309 bits per heavy atom. The highest BCUT2D eigenvalue weighted by molar-refractivity contribution is 7.47. The van der Waals surface area contributed by atoms with Gasteiger partial charge >= 0.3 is 39.5 Å². The minimum atomic E-state index is -4.97. The first kappa shape index (κ1) is 90.2. The van der Waals surface area contributed by atoms with E-state index in [1.807, 2.05) is 0 Å². The number of phosphoric ester groups is 2. The Kier molecular flexibility index (Phi) is 65.1. The molecule has 0 rings (SSSR count). The Hall–Kier alpha value is -3.76. The lowest BCUT2D eigenvalue weighted by Crippen LogP contribution is -2.30. The normalized spacial score (nSPS) is 14.5. The van der Waals surface area contributed by atoms with Gasteiger partial charge in [0.25, 0.3) is 0 Å². The van der Waals surface area contributed by atoms with E-state index in [9.17, 15) is 43.2 Å². The number of aliphatic hydroxyl groups is 1. The third-order valence-corrected chi connectivity index (χ3v) is 17.2. The van der Waals surface area contributed by atoms with Crippen LogP contribution in [0.5, 0.6) is 0 Å². The summed E-state index contributed by atoms with van der Waals surface area (Å²) in [6, 6.07) is 0. The molecule has 0 aromatic rings. The number of esters is 4. The van der Waals surface area contributed by atoms with Crippen LogP contribution in [0.3, 0.4) is 0 Å². The second-order valence-corrected chi connectivity index (χ2v) is 27.4. The number of aliphatic hydroxyl groups excluding tert-OH is 1. The van der Waals surface area contributed by atoms with Crippen LogP contribution in [0.4, 0.5) is 0 Å². The van der Waals surface area contributed by atoms with Crippen molar-refractivity contribution in [3.05, 3.63) is 85.1 Å². The fraction of sp³-hybridized carbons (Fsp3) is 0.760. The highest BCUT2D eigenvalue weighted by Crippen LogP contribution is 2.45. The maximum Gasteiger partial charge on any atom is 0.472 e. The standard InChI is InChI=1S/C75H132O17P2/c1-5-9-13-17-21-25-29-32-34-37-40-43-47-51-55-59-72(77)85-65-70(91-74(79)61-57-53-49-45-39-28-24-20-16-12-8-4)67-89-93(81,82)87-63-69(76)64-88-94(83,84)90-68-71(92-75(80)62-58-54-50-46-42-36-31-27-23-19-15-11-7-3)66-86-73(78)60-56-52-48-44-41-38-35-33-30-26-22-18-14-10-6-2/h10,14-15,19,21-22,25-27,31-35,69-71,76H,5-9,11-13,16-18,20,23-24,28-30,36-68H2,1-4H3,(H,81,82)(H,83,84)/b14-10-,19-15-,25-21-,26-22-,31-27-,34-32-,35-33-. The molecule has 94 heavy (non-hydrogen) atoms. The first-order chi connectivity index (χ1) is 45.7. The van der Waals surface area contributed by atoms with Crippen LogP contribution in [-0.2, 0) is 65.4 Å². The first-order valence-electron chi connectivity index (χ1n) is 36.8. The van der Waals surface area contributed by atoms with Gasteiger partial charge in [0.2, 0.25) is 0 Å². The fourth-order valence-electron chi connectivity index (χ4n) is 9.71. The number of phosphoric acid groups is 2. The molecule has 0 saturated carbocycles. The zero-order valence-electron chi connectivity index (χ0n) is 59.1. The Balaban J connectivity index is 5.33. The van der Waals surface area contributed by atoms with Gasteiger partial charge in [0.15, 0.2) is 12.2 Å². The molecule has 0 aromatic carbocycles. The molecule has 0 spiro atoms. The van der Waals surface area contributed by atoms with Gasteiger partial charge in [0, 0.05) is 25.7 Å². The van der Waals surface area contributed by atoms with E-state index in [1.54, 1.807) is 0 Å². The molecule has 5 unspecified atom stereocenters. The average Bonchev–Trinajstić information content (AvgIpc) is 1.55. The first-order valence-corrected chi connectivity index (χ1v) is 39.8. The van der Waals surface area contributed by atoms with Crippen LogP contribution >= 0.6 is 15.6 Å². The summed E-state index contributed by atoms with van der Waals surface area (Å²) in [7, 11) is -9.94. The van der Waals surface area contributed by atoms with Gasteiger partial charge in [-0.05, 0) is 116 Å². The molecule has 0 aliphatic carbocycles. The van der Waals surface area contributed by atoms with Crippen molar-refractivity contribution in [2.24, 2.45) is 0 Å². The molecule has 17 nitrogen and oxygen atoms in total. The summed E-state index contributed by atoms with van der Waals surface area (Å²) in [6.07, 6.45) is 67.2. The maximum absolute atomic E-state index is 13.0. The molecule has 3 N–H and O–H groups in total. The monoisotopic (exact) mass is 1370 g/mol. The van der Waals surface area contributed by atoms with E-state index in [0.29, 0.717) is 25.7 Å². The molecule has 0 saturated heterocycles. The van der Waals surface area contributed by atoms with Crippen molar-refractivity contribution >= 4 is 39.5 Å². The predicted octanol–water partition coefficient (Wildman–Crippen LogP) is 20.7. The Morgan fingerprint density at radius 3 is 0.915 bits per heavy atom. The Bertz CT molecular complexity index is 2120. The van der Waals surface area contributed by atoms with Crippen molar-refractivity contribution in [2.75, 3.05) is 39.6 Å². The third-order valence-electron chi connectivity index (χ3n) is 15.3.